The fourth-order valence-electron chi connectivity index (χ4n) is 7.24. The van der Waals surface area contributed by atoms with Crippen LogP contribution in [-0.4, -0.2) is 4.40 Å². The van der Waals surface area contributed by atoms with E-state index in [0.29, 0.717) is 11.8 Å². The van der Waals surface area contributed by atoms with Crippen LogP contribution in [0.5, 0.6) is 0 Å². The maximum Gasteiger partial charge on any atom is 0.224 e. The highest BCUT2D eigenvalue weighted by Gasteiger charge is 2.26. The van der Waals surface area contributed by atoms with Crippen LogP contribution in [0.25, 0.3) is 49.0 Å². The molecule has 0 radical (unpaired) electrons. The van der Waals surface area contributed by atoms with E-state index in [1.807, 2.05) is 0 Å². The summed E-state index contributed by atoms with van der Waals surface area (Å²) < 4.78 is 5.00. The Labute approximate surface area is 213 Å². The summed E-state index contributed by atoms with van der Waals surface area (Å²) in [6.07, 6.45) is 10.2. The number of hydrogen-bond donors (Lipinski definition) is 0. The molecule has 0 aliphatic heterocycles. The van der Waals surface area contributed by atoms with Crippen molar-refractivity contribution in [3.8, 4) is 0 Å². The lowest BCUT2D eigenvalue weighted by Crippen LogP contribution is -2.29. The van der Waals surface area contributed by atoms with Crippen molar-refractivity contribution in [1.82, 2.24) is 4.40 Å². The minimum atomic E-state index is 0.648. The quantitative estimate of drug-likeness (QED) is 0.138. The first-order valence-corrected chi connectivity index (χ1v) is 14.0. The molecule has 0 atom stereocenters. The number of fused-ring (bicyclic) bond motifs is 5. The van der Waals surface area contributed by atoms with Crippen molar-refractivity contribution in [3.63, 3.8) is 0 Å². The summed E-state index contributed by atoms with van der Waals surface area (Å²) in [7, 11) is 2.22. The van der Waals surface area contributed by atoms with Crippen LogP contribution in [0.2, 0.25) is 0 Å². The largest absolute Gasteiger partial charge is 0.307 e. The van der Waals surface area contributed by atoms with Gasteiger partial charge in [-0.1, -0.05) is 51.3 Å². The molecule has 6 aromatic rings. The zero-order valence-electron chi connectivity index (χ0n) is 22.4. The number of aryl methyl sites for hydroxylation is 3. The highest BCUT2D eigenvalue weighted by Crippen LogP contribution is 2.43. The van der Waals surface area contributed by atoms with Crippen LogP contribution in [0.3, 0.4) is 0 Å². The van der Waals surface area contributed by atoms with Crippen molar-refractivity contribution in [3.05, 3.63) is 70.9 Å². The SMILES string of the molecule is Cc1cc2c3ccc(CC(C)C)cc3n3c4cc(C5CCCCC5)cc5cc[n+](C)c(c(c1C)c23)c54. The summed E-state index contributed by atoms with van der Waals surface area (Å²) in [6.45, 7) is 9.24. The van der Waals surface area contributed by atoms with E-state index >= 15 is 0 Å². The molecule has 3 aromatic heterocycles. The Morgan fingerprint density at radius 1 is 0.889 bits per heavy atom. The summed E-state index contributed by atoms with van der Waals surface area (Å²) >= 11 is 0. The second-order valence-corrected chi connectivity index (χ2v) is 12.0. The van der Waals surface area contributed by atoms with E-state index < -0.39 is 0 Å². The first-order chi connectivity index (χ1) is 17.4. The van der Waals surface area contributed by atoms with E-state index in [9.17, 15) is 0 Å². The average molecular weight is 474 g/mol. The Balaban J connectivity index is 1.73. The molecule has 0 bridgehead atoms. The molecule has 1 aliphatic carbocycles. The summed E-state index contributed by atoms with van der Waals surface area (Å²) in [5.74, 6) is 1.33. The second kappa shape index (κ2) is 7.93. The molecule has 0 saturated heterocycles. The fraction of sp³-hybridized carbons (Fsp3) is 0.382. The van der Waals surface area contributed by atoms with Gasteiger partial charge in [0.05, 0.1) is 27.3 Å². The van der Waals surface area contributed by atoms with Gasteiger partial charge in [0.1, 0.15) is 7.05 Å². The van der Waals surface area contributed by atoms with Crippen molar-refractivity contribution in [2.24, 2.45) is 13.0 Å². The predicted molar refractivity (Wildman–Crippen MR) is 154 cm³/mol. The summed E-state index contributed by atoms with van der Waals surface area (Å²) in [4.78, 5) is 0. The van der Waals surface area contributed by atoms with Gasteiger partial charge < -0.3 is 4.40 Å². The van der Waals surface area contributed by atoms with Gasteiger partial charge in [0, 0.05) is 16.8 Å². The third kappa shape index (κ3) is 3.06. The highest BCUT2D eigenvalue weighted by atomic mass is 15.0. The van der Waals surface area contributed by atoms with Gasteiger partial charge in [-0.2, -0.15) is 0 Å². The molecule has 3 heterocycles. The average Bonchev–Trinajstić information content (AvgIpc) is 3.18. The predicted octanol–water partition coefficient (Wildman–Crippen LogP) is 8.68. The van der Waals surface area contributed by atoms with Crippen molar-refractivity contribution < 1.29 is 4.57 Å². The van der Waals surface area contributed by atoms with Crippen LogP contribution >= 0.6 is 0 Å². The van der Waals surface area contributed by atoms with Gasteiger partial charge in [-0.15, -0.1) is 0 Å². The Morgan fingerprint density at radius 3 is 2.47 bits per heavy atom. The molecule has 1 aliphatic rings. The highest BCUT2D eigenvalue weighted by molar-refractivity contribution is 6.26. The smallest absolute Gasteiger partial charge is 0.224 e. The van der Waals surface area contributed by atoms with Crippen LogP contribution in [-0.2, 0) is 13.5 Å². The molecule has 7 rings (SSSR count). The maximum absolute atomic E-state index is 2.64. The van der Waals surface area contributed by atoms with Gasteiger partial charge in [0.2, 0.25) is 5.52 Å². The normalized spacial score (nSPS) is 15.6. The lowest BCUT2D eigenvalue weighted by atomic mass is 9.83. The maximum atomic E-state index is 2.64. The molecule has 1 fully saturated rings. The molecular weight excluding hydrogens is 436 g/mol. The Morgan fingerprint density at radius 2 is 1.69 bits per heavy atom. The standard InChI is InChI=1S/C34H37N2/c1-20(2)15-23-11-12-27-28-16-21(3)22(4)31-33(28)36(29(27)17-23)30-19-26(24-9-7-6-8-10-24)18-25-13-14-35(5)34(31)32(25)30/h11-14,16-20,24H,6-10,15H2,1-5H3/q+1. The molecule has 0 spiro atoms. The number of hydrogen-bond acceptors (Lipinski definition) is 0. The van der Waals surface area contributed by atoms with Crippen LogP contribution in [0.1, 0.15) is 74.1 Å². The van der Waals surface area contributed by atoms with Crippen molar-refractivity contribution in [2.45, 2.75) is 72.1 Å². The molecule has 3 aromatic carbocycles. The molecule has 2 heteroatoms. The van der Waals surface area contributed by atoms with Gasteiger partial charge in [0.25, 0.3) is 0 Å². The van der Waals surface area contributed by atoms with E-state index in [4.69, 9.17) is 0 Å². The first kappa shape index (κ1) is 22.1. The van der Waals surface area contributed by atoms with Gasteiger partial charge in [0.15, 0.2) is 6.20 Å². The molecule has 2 nitrogen and oxygen atoms in total. The number of aromatic nitrogens is 2. The summed E-state index contributed by atoms with van der Waals surface area (Å²) in [5, 5.41) is 6.99. The Hall–Kier alpha value is -3.13. The van der Waals surface area contributed by atoms with Crippen LogP contribution in [0.15, 0.2) is 48.7 Å². The zero-order chi connectivity index (χ0) is 24.7. The third-order valence-corrected chi connectivity index (χ3v) is 9.07. The molecular formula is C34H37N2+. The first-order valence-electron chi connectivity index (χ1n) is 14.0. The number of pyridine rings is 2. The number of nitrogens with zero attached hydrogens (tertiary/aromatic N) is 2. The Bertz CT molecular complexity index is 1790. The molecule has 0 N–H and O–H groups in total. The number of benzene rings is 3. The van der Waals surface area contributed by atoms with E-state index in [0.717, 1.165) is 6.42 Å². The zero-order valence-corrected chi connectivity index (χ0v) is 22.4. The van der Waals surface area contributed by atoms with E-state index in [1.54, 1.807) is 0 Å². The second-order valence-electron chi connectivity index (χ2n) is 12.0. The fourth-order valence-corrected chi connectivity index (χ4v) is 7.24. The van der Waals surface area contributed by atoms with Crippen LogP contribution < -0.4 is 4.57 Å². The van der Waals surface area contributed by atoms with E-state index in [-0.39, 0.29) is 0 Å². The minimum Gasteiger partial charge on any atom is -0.307 e. The molecule has 0 amide bonds. The van der Waals surface area contributed by atoms with E-state index in [2.05, 4.69) is 92.4 Å². The van der Waals surface area contributed by atoms with Crippen molar-refractivity contribution in [2.75, 3.05) is 0 Å². The molecule has 0 unspecified atom stereocenters. The topological polar surface area (TPSA) is 8.29 Å². The Kier molecular flexibility index (Phi) is 4.87. The summed E-state index contributed by atoms with van der Waals surface area (Å²) in [6, 6.07) is 17.1. The van der Waals surface area contributed by atoms with Crippen molar-refractivity contribution >= 4 is 49.0 Å². The number of rotatable bonds is 3. The third-order valence-electron chi connectivity index (χ3n) is 9.07. The van der Waals surface area contributed by atoms with Crippen LogP contribution in [0, 0.1) is 19.8 Å². The van der Waals surface area contributed by atoms with Crippen molar-refractivity contribution in [1.29, 1.82) is 0 Å². The lowest BCUT2D eigenvalue weighted by molar-refractivity contribution is -0.643. The van der Waals surface area contributed by atoms with Gasteiger partial charge >= 0.3 is 0 Å². The molecule has 1 saturated carbocycles. The van der Waals surface area contributed by atoms with Gasteiger partial charge in [-0.25, -0.2) is 4.57 Å². The molecule has 36 heavy (non-hydrogen) atoms. The van der Waals surface area contributed by atoms with Gasteiger partial charge in [-0.3, -0.25) is 0 Å². The lowest BCUT2D eigenvalue weighted by Gasteiger charge is -2.23. The monoisotopic (exact) mass is 473 g/mol. The van der Waals surface area contributed by atoms with Crippen LogP contribution in [0.4, 0.5) is 0 Å². The van der Waals surface area contributed by atoms with Gasteiger partial charge in [-0.05, 0) is 90.8 Å². The molecule has 182 valence electrons. The van der Waals surface area contributed by atoms with E-state index in [1.165, 1.54) is 103 Å². The summed E-state index contributed by atoms with van der Waals surface area (Å²) in [5.41, 5.74) is 11.3. The minimum absolute atomic E-state index is 0.648.